The molecule has 0 saturated carbocycles. The maximum Gasteiger partial charge on any atom is 0.0558 e. The molecule has 0 bridgehead atoms. The molecule has 0 spiro atoms. The molecule has 0 aliphatic rings. The van der Waals surface area contributed by atoms with E-state index < -0.39 is 0 Å². The van der Waals surface area contributed by atoms with E-state index in [1.165, 1.54) is 17.7 Å². The van der Waals surface area contributed by atoms with Gasteiger partial charge in [-0.1, -0.05) is 30.3 Å². The number of aliphatic hydroxyl groups excluding tert-OH is 1. The number of hydrogen-bond acceptors (Lipinski definition) is 3. The van der Waals surface area contributed by atoms with Gasteiger partial charge < -0.3 is 5.11 Å². The SMILES string of the molecule is CSCCCN(CCO)Cc1ccccc1. The van der Waals surface area contributed by atoms with Crippen molar-refractivity contribution in [3.8, 4) is 0 Å². The molecule has 3 heteroatoms. The van der Waals surface area contributed by atoms with Gasteiger partial charge in [0.2, 0.25) is 0 Å². The Morgan fingerprint density at radius 1 is 1.19 bits per heavy atom. The predicted molar refractivity (Wildman–Crippen MR) is 71.8 cm³/mol. The van der Waals surface area contributed by atoms with Crippen molar-refractivity contribution in [3.05, 3.63) is 35.9 Å². The first-order chi connectivity index (χ1) is 7.86. The molecule has 0 aromatic heterocycles. The molecule has 0 fully saturated rings. The van der Waals surface area contributed by atoms with Gasteiger partial charge in [0, 0.05) is 13.1 Å². The molecule has 2 nitrogen and oxygen atoms in total. The highest BCUT2D eigenvalue weighted by Gasteiger charge is 2.04. The summed E-state index contributed by atoms with van der Waals surface area (Å²) in [5.74, 6) is 1.19. The topological polar surface area (TPSA) is 23.5 Å². The van der Waals surface area contributed by atoms with Crippen LogP contribution in [0.5, 0.6) is 0 Å². The van der Waals surface area contributed by atoms with E-state index >= 15 is 0 Å². The maximum absolute atomic E-state index is 9.02. The van der Waals surface area contributed by atoms with E-state index in [-0.39, 0.29) is 6.61 Å². The van der Waals surface area contributed by atoms with Crippen molar-refractivity contribution in [1.82, 2.24) is 4.90 Å². The van der Waals surface area contributed by atoms with Gasteiger partial charge in [0.15, 0.2) is 0 Å². The smallest absolute Gasteiger partial charge is 0.0558 e. The second kappa shape index (κ2) is 8.62. The number of thioether (sulfide) groups is 1. The first kappa shape index (κ1) is 13.6. The predicted octanol–water partition coefficient (Wildman–Crippen LogP) is 2.23. The molecule has 1 aromatic rings. The fourth-order valence-electron chi connectivity index (χ4n) is 1.69. The molecule has 1 N–H and O–H groups in total. The van der Waals surface area contributed by atoms with Gasteiger partial charge in [-0.05, 0) is 30.5 Å². The van der Waals surface area contributed by atoms with Crippen LogP contribution in [0, 0.1) is 0 Å². The van der Waals surface area contributed by atoms with Crippen LogP contribution in [0.4, 0.5) is 0 Å². The summed E-state index contributed by atoms with van der Waals surface area (Å²) < 4.78 is 0. The minimum Gasteiger partial charge on any atom is -0.395 e. The van der Waals surface area contributed by atoms with Crippen LogP contribution >= 0.6 is 11.8 Å². The molecule has 0 aliphatic carbocycles. The van der Waals surface area contributed by atoms with E-state index in [0.717, 1.165) is 19.6 Å². The van der Waals surface area contributed by atoms with Gasteiger partial charge >= 0.3 is 0 Å². The van der Waals surface area contributed by atoms with Crippen LogP contribution < -0.4 is 0 Å². The Morgan fingerprint density at radius 2 is 1.94 bits per heavy atom. The van der Waals surface area contributed by atoms with Gasteiger partial charge in [0.05, 0.1) is 6.61 Å². The Morgan fingerprint density at radius 3 is 2.56 bits per heavy atom. The molecule has 0 aliphatic heterocycles. The van der Waals surface area contributed by atoms with Crippen molar-refractivity contribution in [2.75, 3.05) is 31.7 Å². The molecular weight excluding hydrogens is 218 g/mol. The molecule has 16 heavy (non-hydrogen) atoms. The summed E-state index contributed by atoms with van der Waals surface area (Å²) in [6, 6.07) is 10.4. The van der Waals surface area contributed by atoms with Crippen LogP contribution in [0.3, 0.4) is 0 Å². The summed E-state index contributed by atoms with van der Waals surface area (Å²) in [4.78, 5) is 2.31. The summed E-state index contributed by atoms with van der Waals surface area (Å²) >= 11 is 1.88. The fourth-order valence-corrected chi connectivity index (χ4v) is 2.10. The standard InChI is InChI=1S/C13H21NOS/c1-16-11-5-8-14(9-10-15)12-13-6-3-2-4-7-13/h2-4,6-7,15H,5,8-12H2,1H3. The van der Waals surface area contributed by atoms with Gasteiger partial charge in [0.1, 0.15) is 0 Å². The Balaban J connectivity index is 2.38. The number of nitrogens with zero attached hydrogens (tertiary/aromatic N) is 1. The average molecular weight is 239 g/mol. The lowest BCUT2D eigenvalue weighted by Gasteiger charge is -2.21. The van der Waals surface area contributed by atoms with Crippen LogP contribution in [0.25, 0.3) is 0 Å². The maximum atomic E-state index is 9.02. The molecule has 0 unspecified atom stereocenters. The Kier molecular flexibility index (Phi) is 7.30. The first-order valence-corrected chi connectivity index (χ1v) is 7.12. The second-order valence-electron chi connectivity index (χ2n) is 3.83. The molecular formula is C13H21NOS. The summed E-state index contributed by atoms with van der Waals surface area (Å²) in [5, 5.41) is 9.02. The van der Waals surface area contributed by atoms with Crippen LogP contribution in [-0.2, 0) is 6.54 Å². The van der Waals surface area contributed by atoms with Gasteiger partial charge in [-0.2, -0.15) is 11.8 Å². The Labute approximate surface area is 103 Å². The molecule has 1 rings (SSSR count). The largest absolute Gasteiger partial charge is 0.395 e. The molecule has 0 amide bonds. The van der Waals surface area contributed by atoms with Gasteiger partial charge in [-0.15, -0.1) is 0 Å². The Hall–Kier alpha value is -0.510. The molecule has 0 heterocycles. The van der Waals surface area contributed by atoms with Gasteiger partial charge in [-0.25, -0.2) is 0 Å². The van der Waals surface area contributed by atoms with E-state index in [1.807, 2.05) is 17.8 Å². The van der Waals surface area contributed by atoms with Crippen molar-refractivity contribution in [3.63, 3.8) is 0 Å². The second-order valence-corrected chi connectivity index (χ2v) is 4.82. The van der Waals surface area contributed by atoms with Crippen LogP contribution in [0.1, 0.15) is 12.0 Å². The quantitative estimate of drug-likeness (QED) is 0.704. The normalized spacial score (nSPS) is 10.9. The lowest BCUT2D eigenvalue weighted by Crippen LogP contribution is -2.27. The monoisotopic (exact) mass is 239 g/mol. The zero-order valence-electron chi connectivity index (χ0n) is 9.93. The van der Waals surface area contributed by atoms with Gasteiger partial charge in [0.25, 0.3) is 0 Å². The summed E-state index contributed by atoms with van der Waals surface area (Å²) in [6.07, 6.45) is 3.32. The zero-order chi connectivity index (χ0) is 11.6. The van der Waals surface area contributed by atoms with E-state index in [0.29, 0.717) is 0 Å². The lowest BCUT2D eigenvalue weighted by molar-refractivity contribution is 0.191. The van der Waals surface area contributed by atoms with Crippen LogP contribution in [-0.4, -0.2) is 41.7 Å². The molecule has 0 radical (unpaired) electrons. The highest BCUT2D eigenvalue weighted by molar-refractivity contribution is 7.98. The van der Waals surface area contributed by atoms with E-state index in [9.17, 15) is 0 Å². The number of rotatable bonds is 8. The van der Waals surface area contributed by atoms with E-state index in [2.05, 4.69) is 35.4 Å². The highest BCUT2D eigenvalue weighted by atomic mass is 32.2. The highest BCUT2D eigenvalue weighted by Crippen LogP contribution is 2.06. The molecule has 90 valence electrons. The zero-order valence-corrected chi connectivity index (χ0v) is 10.7. The third kappa shape index (κ3) is 5.54. The van der Waals surface area contributed by atoms with Crippen molar-refractivity contribution < 1.29 is 5.11 Å². The minimum atomic E-state index is 0.242. The number of benzene rings is 1. The fraction of sp³-hybridized carbons (Fsp3) is 0.538. The van der Waals surface area contributed by atoms with Gasteiger partial charge in [-0.3, -0.25) is 4.90 Å². The summed E-state index contributed by atoms with van der Waals surface area (Å²) in [5.41, 5.74) is 1.32. The third-order valence-electron chi connectivity index (χ3n) is 2.49. The van der Waals surface area contributed by atoms with Crippen molar-refractivity contribution in [2.24, 2.45) is 0 Å². The lowest BCUT2D eigenvalue weighted by atomic mass is 10.2. The van der Waals surface area contributed by atoms with Crippen LogP contribution in [0.15, 0.2) is 30.3 Å². The summed E-state index contributed by atoms with van der Waals surface area (Å²) in [6.45, 7) is 3.02. The Bertz CT molecular complexity index is 266. The minimum absolute atomic E-state index is 0.242. The third-order valence-corrected chi connectivity index (χ3v) is 3.18. The van der Waals surface area contributed by atoms with Crippen molar-refractivity contribution in [1.29, 1.82) is 0 Å². The summed E-state index contributed by atoms with van der Waals surface area (Å²) in [7, 11) is 0. The molecule has 0 saturated heterocycles. The molecule has 0 atom stereocenters. The first-order valence-electron chi connectivity index (χ1n) is 5.73. The van der Waals surface area contributed by atoms with Crippen LogP contribution in [0.2, 0.25) is 0 Å². The van der Waals surface area contributed by atoms with Crippen molar-refractivity contribution in [2.45, 2.75) is 13.0 Å². The van der Waals surface area contributed by atoms with E-state index in [1.54, 1.807) is 0 Å². The number of aliphatic hydroxyl groups is 1. The van der Waals surface area contributed by atoms with Crippen molar-refractivity contribution >= 4 is 11.8 Å². The molecule has 1 aromatic carbocycles. The van der Waals surface area contributed by atoms with E-state index in [4.69, 9.17) is 5.11 Å². The number of hydrogen-bond donors (Lipinski definition) is 1. The average Bonchev–Trinajstić information content (AvgIpc) is 2.31.